The maximum Gasteiger partial charge on any atom is 0.324 e. The molecule has 1 rings (SSSR count). The Kier molecular flexibility index (Phi) is 5.13. The first-order valence-corrected chi connectivity index (χ1v) is 6.42. The molecule has 1 aromatic carbocycles. The summed E-state index contributed by atoms with van der Waals surface area (Å²) in [6.07, 6.45) is 0. The van der Waals surface area contributed by atoms with Crippen molar-refractivity contribution in [3.8, 4) is 0 Å². The molecule has 5 heteroatoms. The van der Waals surface area contributed by atoms with Gasteiger partial charge in [0, 0.05) is 3.57 Å². The SMILES string of the molecule is COC(=O)C(C(=O)OC)c1c(C)cc(I)cc1C. The molecule has 0 aliphatic carbocycles. The van der Waals surface area contributed by atoms with Crippen LogP contribution in [0.5, 0.6) is 0 Å². The number of benzene rings is 1. The monoisotopic (exact) mass is 362 g/mol. The predicted molar refractivity (Wildman–Crippen MR) is 75.4 cm³/mol. The third-order valence-corrected chi connectivity index (χ3v) is 3.34. The standard InChI is InChI=1S/C13H15IO4/c1-7-5-9(14)6-8(2)10(7)11(12(15)17-3)13(16)18-4/h5-6,11H,1-4H3. The van der Waals surface area contributed by atoms with Crippen molar-refractivity contribution in [2.24, 2.45) is 0 Å². The van der Waals surface area contributed by atoms with E-state index in [-0.39, 0.29) is 0 Å². The lowest BCUT2D eigenvalue weighted by Gasteiger charge is -2.18. The fourth-order valence-electron chi connectivity index (χ4n) is 1.94. The van der Waals surface area contributed by atoms with Crippen LogP contribution in [0.15, 0.2) is 12.1 Å². The molecule has 0 aliphatic heterocycles. The van der Waals surface area contributed by atoms with Crippen molar-refractivity contribution in [2.45, 2.75) is 19.8 Å². The number of hydrogen-bond donors (Lipinski definition) is 0. The molecule has 1 aromatic rings. The Balaban J connectivity index is 3.38. The van der Waals surface area contributed by atoms with E-state index in [1.54, 1.807) is 0 Å². The summed E-state index contributed by atoms with van der Waals surface area (Å²) in [6, 6.07) is 3.84. The van der Waals surface area contributed by atoms with E-state index in [1.165, 1.54) is 14.2 Å². The summed E-state index contributed by atoms with van der Waals surface area (Å²) < 4.78 is 10.4. The number of esters is 2. The normalized spacial score (nSPS) is 10.3. The van der Waals surface area contributed by atoms with E-state index in [4.69, 9.17) is 0 Å². The van der Waals surface area contributed by atoms with Gasteiger partial charge in [-0.2, -0.15) is 0 Å². The van der Waals surface area contributed by atoms with E-state index >= 15 is 0 Å². The minimum atomic E-state index is -1.02. The summed E-state index contributed by atoms with van der Waals surface area (Å²) in [5, 5.41) is 0. The molecule has 0 N–H and O–H groups in total. The minimum Gasteiger partial charge on any atom is -0.468 e. The Bertz CT molecular complexity index is 443. The van der Waals surface area contributed by atoms with Gasteiger partial charge in [-0.25, -0.2) is 0 Å². The van der Waals surface area contributed by atoms with Crippen molar-refractivity contribution >= 4 is 34.5 Å². The molecule has 0 bridgehead atoms. The second-order valence-electron chi connectivity index (χ2n) is 3.93. The molecule has 0 atom stereocenters. The first kappa shape index (κ1) is 14.9. The van der Waals surface area contributed by atoms with E-state index in [0.29, 0.717) is 5.56 Å². The highest BCUT2D eigenvalue weighted by Crippen LogP contribution is 2.28. The van der Waals surface area contributed by atoms with Gasteiger partial charge in [-0.3, -0.25) is 9.59 Å². The van der Waals surface area contributed by atoms with Crippen LogP contribution in [0.3, 0.4) is 0 Å². The Hall–Kier alpha value is -1.11. The Morgan fingerprint density at radius 1 is 1.06 bits per heavy atom. The Labute approximate surface area is 120 Å². The minimum absolute atomic E-state index is 0.603. The van der Waals surface area contributed by atoms with Gasteiger partial charge >= 0.3 is 11.9 Å². The van der Waals surface area contributed by atoms with Crippen molar-refractivity contribution in [3.63, 3.8) is 0 Å². The molecular formula is C13H15IO4. The van der Waals surface area contributed by atoms with Gasteiger partial charge in [-0.05, 0) is 65.3 Å². The highest BCUT2D eigenvalue weighted by Gasteiger charge is 2.33. The molecule has 98 valence electrons. The van der Waals surface area contributed by atoms with Crippen LogP contribution in [0.25, 0.3) is 0 Å². The van der Waals surface area contributed by atoms with Crippen molar-refractivity contribution in [2.75, 3.05) is 14.2 Å². The highest BCUT2D eigenvalue weighted by molar-refractivity contribution is 14.1. The summed E-state index contributed by atoms with van der Waals surface area (Å²) >= 11 is 2.19. The summed E-state index contributed by atoms with van der Waals surface area (Å²) in [5.74, 6) is -2.22. The van der Waals surface area contributed by atoms with Gasteiger partial charge in [-0.15, -0.1) is 0 Å². The fourth-order valence-corrected chi connectivity index (χ4v) is 2.88. The molecule has 0 saturated heterocycles. The summed E-state index contributed by atoms with van der Waals surface area (Å²) in [4.78, 5) is 23.6. The topological polar surface area (TPSA) is 52.6 Å². The smallest absolute Gasteiger partial charge is 0.324 e. The third-order valence-electron chi connectivity index (χ3n) is 2.72. The van der Waals surface area contributed by atoms with Gasteiger partial charge in [0.2, 0.25) is 0 Å². The number of carbonyl (C=O) groups excluding carboxylic acids is 2. The van der Waals surface area contributed by atoms with Crippen molar-refractivity contribution in [1.29, 1.82) is 0 Å². The number of rotatable bonds is 3. The van der Waals surface area contributed by atoms with Crippen LogP contribution in [-0.2, 0) is 19.1 Å². The Morgan fingerprint density at radius 2 is 1.44 bits per heavy atom. The van der Waals surface area contributed by atoms with E-state index in [1.807, 2.05) is 26.0 Å². The molecule has 0 aliphatic rings. The van der Waals surface area contributed by atoms with Gasteiger partial charge in [0.15, 0.2) is 5.92 Å². The lowest BCUT2D eigenvalue weighted by atomic mass is 9.91. The van der Waals surface area contributed by atoms with Gasteiger partial charge in [-0.1, -0.05) is 0 Å². The first-order valence-electron chi connectivity index (χ1n) is 5.34. The lowest BCUT2D eigenvalue weighted by molar-refractivity contribution is -0.154. The Morgan fingerprint density at radius 3 is 1.78 bits per heavy atom. The number of hydrogen-bond acceptors (Lipinski definition) is 4. The molecule has 0 amide bonds. The van der Waals surface area contributed by atoms with E-state index in [2.05, 4.69) is 32.1 Å². The zero-order chi connectivity index (χ0) is 13.9. The zero-order valence-electron chi connectivity index (χ0n) is 10.7. The van der Waals surface area contributed by atoms with Crippen LogP contribution in [0.2, 0.25) is 0 Å². The number of ether oxygens (including phenoxy) is 2. The van der Waals surface area contributed by atoms with E-state index in [0.717, 1.165) is 14.7 Å². The van der Waals surface area contributed by atoms with Crippen molar-refractivity contribution < 1.29 is 19.1 Å². The summed E-state index contributed by atoms with van der Waals surface area (Å²) in [7, 11) is 2.52. The van der Waals surface area contributed by atoms with Gasteiger partial charge < -0.3 is 9.47 Å². The molecule has 0 heterocycles. The van der Waals surface area contributed by atoms with Gasteiger partial charge in [0.1, 0.15) is 0 Å². The number of halogens is 1. The van der Waals surface area contributed by atoms with Crippen LogP contribution < -0.4 is 0 Å². The van der Waals surface area contributed by atoms with Crippen molar-refractivity contribution in [1.82, 2.24) is 0 Å². The molecular weight excluding hydrogens is 347 g/mol. The highest BCUT2D eigenvalue weighted by atomic mass is 127. The summed E-state index contributed by atoms with van der Waals surface area (Å²) in [5.41, 5.74) is 2.41. The first-order chi connectivity index (χ1) is 8.42. The molecule has 18 heavy (non-hydrogen) atoms. The molecule has 0 unspecified atom stereocenters. The quantitative estimate of drug-likeness (QED) is 0.471. The third kappa shape index (κ3) is 3.01. The molecule has 0 radical (unpaired) electrons. The van der Waals surface area contributed by atoms with Crippen LogP contribution in [0.4, 0.5) is 0 Å². The number of methoxy groups -OCH3 is 2. The average molecular weight is 362 g/mol. The summed E-state index contributed by atoms with van der Waals surface area (Å²) in [6.45, 7) is 3.73. The maximum absolute atomic E-state index is 11.8. The second kappa shape index (κ2) is 6.17. The van der Waals surface area contributed by atoms with E-state index in [9.17, 15) is 9.59 Å². The van der Waals surface area contributed by atoms with Crippen LogP contribution in [-0.4, -0.2) is 26.2 Å². The van der Waals surface area contributed by atoms with Crippen LogP contribution in [0.1, 0.15) is 22.6 Å². The van der Waals surface area contributed by atoms with Gasteiger partial charge in [0.05, 0.1) is 14.2 Å². The van der Waals surface area contributed by atoms with Crippen LogP contribution in [0, 0.1) is 17.4 Å². The predicted octanol–water partition coefficient (Wildman–Crippen LogP) is 2.34. The van der Waals surface area contributed by atoms with Crippen LogP contribution >= 0.6 is 22.6 Å². The molecule has 0 spiro atoms. The molecule has 0 saturated carbocycles. The maximum atomic E-state index is 11.8. The largest absolute Gasteiger partial charge is 0.468 e. The second-order valence-corrected chi connectivity index (χ2v) is 5.18. The van der Waals surface area contributed by atoms with Crippen molar-refractivity contribution in [3.05, 3.63) is 32.4 Å². The number of aryl methyl sites for hydroxylation is 2. The fraction of sp³-hybridized carbons (Fsp3) is 0.385. The zero-order valence-corrected chi connectivity index (χ0v) is 12.9. The van der Waals surface area contributed by atoms with E-state index < -0.39 is 17.9 Å². The average Bonchev–Trinajstić information content (AvgIpc) is 2.31. The lowest BCUT2D eigenvalue weighted by Crippen LogP contribution is -2.26. The number of carbonyl (C=O) groups is 2. The molecule has 0 aromatic heterocycles. The molecule has 0 fully saturated rings. The van der Waals surface area contributed by atoms with Gasteiger partial charge in [0.25, 0.3) is 0 Å². The molecule has 4 nitrogen and oxygen atoms in total.